The van der Waals surface area contributed by atoms with Crippen molar-refractivity contribution in [3.8, 4) is 0 Å². The van der Waals surface area contributed by atoms with Crippen LogP contribution in [0.25, 0.3) is 0 Å². The van der Waals surface area contributed by atoms with Crippen LogP contribution < -0.4 is 0 Å². The zero-order valence-electron chi connectivity index (χ0n) is 6.96. The van der Waals surface area contributed by atoms with E-state index in [4.69, 9.17) is 0 Å². The average molecular weight is 153 g/mol. The van der Waals surface area contributed by atoms with E-state index in [1.807, 2.05) is 6.92 Å². The van der Waals surface area contributed by atoms with E-state index in [9.17, 15) is 9.59 Å². The summed E-state index contributed by atoms with van der Waals surface area (Å²) in [4.78, 5) is 23.5. The van der Waals surface area contributed by atoms with E-state index < -0.39 is 0 Å². The molecule has 0 bridgehead atoms. The monoisotopic (exact) mass is 153 g/mol. The summed E-state index contributed by atoms with van der Waals surface area (Å²) in [5.41, 5.74) is 0. The first-order valence-electron chi connectivity index (χ1n) is 3.97. The summed E-state index contributed by atoms with van der Waals surface area (Å²) >= 11 is 0. The van der Waals surface area contributed by atoms with Gasteiger partial charge in [0.05, 0.1) is 0 Å². The Labute approximate surface area is 67.2 Å². The van der Waals surface area contributed by atoms with Gasteiger partial charge in [-0.05, 0) is 12.8 Å². The highest BCUT2D eigenvalue weighted by Gasteiger charge is 2.29. The van der Waals surface area contributed by atoms with E-state index in [1.54, 1.807) is 7.98 Å². The van der Waals surface area contributed by atoms with Crippen molar-refractivity contribution < 1.29 is 9.59 Å². The Bertz CT molecular complexity index is 193. The molecule has 1 aliphatic heterocycles. The Hall–Kier alpha value is -0.795. The fourth-order valence-electron chi connectivity index (χ4n) is 1.36. The number of nitrogens with zero attached hydrogens (tertiary/aromatic N) is 1. The van der Waals surface area contributed by atoms with Gasteiger partial charge in [0.25, 0.3) is 0 Å². The molecule has 4 heteroatoms. The summed E-state index contributed by atoms with van der Waals surface area (Å²) < 4.78 is 0. The summed E-state index contributed by atoms with van der Waals surface area (Å²) in [6, 6.07) is 0. The second-order valence-corrected chi connectivity index (χ2v) is 2.93. The van der Waals surface area contributed by atoms with Crippen molar-refractivity contribution in [2.24, 2.45) is 5.92 Å². The van der Waals surface area contributed by atoms with Gasteiger partial charge >= 0.3 is 0 Å². The van der Waals surface area contributed by atoms with Crippen LogP contribution in [0, 0.1) is 5.92 Å². The van der Waals surface area contributed by atoms with Crippen molar-refractivity contribution in [3.63, 3.8) is 0 Å². The van der Waals surface area contributed by atoms with Crippen LogP contribution in [0.3, 0.4) is 0 Å². The van der Waals surface area contributed by atoms with E-state index >= 15 is 0 Å². The maximum absolute atomic E-state index is 11.3. The van der Waals surface area contributed by atoms with Crippen molar-refractivity contribution in [2.75, 3.05) is 0 Å². The fourth-order valence-corrected chi connectivity index (χ4v) is 1.36. The molecule has 1 unspecified atom stereocenters. The van der Waals surface area contributed by atoms with E-state index in [2.05, 4.69) is 0 Å². The Morgan fingerprint density at radius 2 is 2.27 bits per heavy atom. The van der Waals surface area contributed by atoms with Gasteiger partial charge in [-0.25, -0.2) is 0 Å². The lowest BCUT2D eigenvalue weighted by molar-refractivity contribution is -0.145. The number of hydrogen-bond acceptors (Lipinski definition) is 2. The molecule has 0 spiro atoms. The van der Waals surface area contributed by atoms with Gasteiger partial charge in [0.15, 0.2) is 0 Å². The molecule has 0 aliphatic carbocycles. The first kappa shape index (κ1) is 8.30. The van der Waals surface area contributed by atoms with Crippen LogP contribution in [0.2, 0.25) is 0 Å². The van der Waals surface area contributed by atoms with Gasteiger partial charge in [0, 0.05) is 12.3 Å². The van der Waals surface area contributed by atoms with Gasteiger partial charge in [0.1, 0.15) is 0 Å². The van der Waals surface area contributed by atoms with Gasteiger partial charge in [-0.3, -0.25) is 9.59 Å². The molecule has 1 saturated heterocycles. The molecule has 1 heterocycles. The topological polar surface area (TPSA) is 37.4 Å². The van der Waals surface area contributed by atoms with Crippen LogP contribution in [0.4, 0.5) is 0 Å². The fraction of sp³-hybridized carbons (Fsp3) is 0.714. The first-order chi connectivity index (χ1) is 5.16. The molecule has 1 fully saturated rings. The molecule has 11 heavy (non-hydrogen) atoms. The molecule has 0 aromatic rings. The zero-order valence-corrected chi connectivity index (χ0v) is 6.96. The maximum Gasteiger partial charge on any atom is 0.231 e. The van der Waals surface area contributed by atoms with Gasteiger partial charge in [0.2, 0.25) is 19.8 Å². The van der Waals surface area contributed by atoms with Crippen molar-refractivity contribution in [1.29, 1.82) is 0 Å². The lowest BCUT2D eigenvalue weighted by Gasteiger charge is -2.27. The van der Waals surface area contributed by atoms with Gasteiger partial charge < -0.3 is 4.81 Å². The number of piperidine rings is 1. The van der Waals surface area contributed by atoms with E-state index in [-0.39, 0.29) is 17.7 Å². The molecular formula is C7H12BNO2. The standard InChI is InChI=1S/C7H12BNO2/c1-2-5-3-4-6(10)9(8)7(5)11/h5H,2-4,8H2,1H3. The van der Waals surface area contributed by atoms with Gasteiger partial charge in [-0.1, -0.05) is 6.92 Å². The molecule has 2 amide bonds. The normalized spacial score (nSPS) is 25.9. The minimum absolute atomic E-state index is 0.0104. The lowest BCUT2D eigenvalue weighted by Crippen LogP contribution is -2.43. The molecule has 60 valence electrons. The quantitative estimate of drug-likeness (QED) is 0.383. The molecule has 3 nitrogen and oxygen atoms in total. The Balaban J connectivity index is 2.67. The zero-order chi connectivity index (χ0) is 8.43. The number of rotatable bonds is 1. The molecule has 0 radical (unpaired) electrons. The van der Waals surface area contributed by atoms with Crippen LogP contribution >= 0.6 is 0 Å². The van der Waals surface area contributed by atoms with Crippen LogP contribution in [-0.4, -0.2) is 24.6 Å². The van der Waals surface area contributed by atoms with Crippen LogP contribution in [0.1, 0.15) is 26.2 Å². The maximum atomic E-state index is 11.3. The first-order valence-corrected chi connectivity index (χ1v) is 3.97. The lowest BCUT2D eigenvalue weighted by atomic mass is 9.92. The predicted octanol–water partition coefficient (Wildman–Crippen LogP) is -0.290. The second kappa shape index (κ2) is 3.07. The molecule has 1 aliphatic rings. The van der Waals surface area contributed by atoms with E-state index in [0.717, 1.165) is 12.8 Å². The number of amides is 2. The second-order valence-electron chi connectivity index (χ2n) is 2.93. The van der Waals surface area contributed by atoms with E-state index in [1.165, 1.54) is 4.81 Å². The molecule has 0 aromatic carbocycles. The highest BCUT2D eigenvalue weighted by Crippen LogP contribution is 2.19. The highest BCUT2D eigenvalue weighted by molar-refractivity contribution is 6.25. The summed E-state index contributed by atoms with van der Waals surface area (Å²) in [6.45, 7) is 1.98. The highest BCUT2D eigenvalue weighted by atomic mass is 16.2. The number of hydrogen-bond donors (Lipinski definition) is 0. The van der Waals surface area contributed by atoms with Crippen molar-refractivity contribution in [1.82, 2.24) is 4.81 Å². The number of imide groups is 1. The Morgan fingerprint density at radius 1 is 1.64 bits per heavy atom. The van der Waals surface area contributed by atoms with Crippen LogP contribution in [0.15, 0.2) is 0 Å². The van der Waals surface area contributed by atoms with Crippen LogP contribution in [-0.2, 0) is 9.59 Å². The molecule has 1 atom stereocenters. The number of carbonyl (C=O) groups excluding carboxylic acids is 2. The van der Waals surface area contributed by atoms with Gasteiger partial charge in [-0.15, -0.1) is 0 Å². The molecule has 1 rings (SSSR count). The summed E-state index contributed by atoms with van der Waals surface area (Å²) in [6.07, 6.45) is 2.11. The number of carbonyl (C=O) groups is 2. The van der Waals surface area contributed by atoms with Crippen molar-refractivity contribution in [3.05, 3.63) is 0 Å². The van der Waals surface area contributed by atoms with Crippen molar-refractivity contribution >= 4 is 19.8 Å². The molecule has 0 aromatic heterocycles. The third-order valence-corrected chi connectivity index (χ3v) is 2.25. The van der Waals surface area contributed by atoms with E-state index in [0.29, 0.717) is 6.42 Å². The Kier molecular flexibility index (Phi) is 2.32. The van der Waals surface area contributed by atoms with Gasteiger partial charge in [-0.2, -0.15) is 0 Å². The third-order valence-electron chi connectivity index (χ3n) is 2.25. The summed E-state index contributed by atoms with van der Waals surface area (Å²) in [5.74, 6) is 0.0288. The van der Waals surface area contributed by atoms with Crippen LogP contribution in [0.5, 0.6) is 0 Å². The molecular weight excluding hydrogens is 141 g/mol. The largest absolute Gasteiger partial charge is 0.336 e. The van der Waals surface area contributed by atoms with Crippen molar-refractivity contribution in [2.45, 2.75) is 26.2 Å². The molecule has 0 N–H and O–H groups in total. The average Bonchev–Trinajstić information content (AvgIpc) is 2.01. The predicted molar refractivity (Wildman–Crippen MR) is 43.4 cm³/mol. The molecule has 0 saturated carbocycles. The Morgan fingerprint density at radius 3 is 2.82 bits per heavy atom. The third kappa shape index (κ3) is 1.44. The summed E-state index contributed by atoms with van der Waals surface area (Å²) in [7, 11) is 1.56. The SMILES string of the molecule is BN1C(=O)CCC(CC)C1=O. The summed E-state index contributed by atoms with van der Waals surface area (Å²) in [5, 5.41) is 0. The minimum atomic E-state index is -0.0419. The smallest absolute Gasteiger partial charge is 0.231 e. The minimum Gasteiger partial charge on any atom is -0.336 e.